The number of nitrogens with zero attached hydrogens (tertiary/aromatic N) is 1. The highest BCUT2D eigenvalue weighted by Crippen LogP contribution is 2.22. The lowest BCUT2D eigenvalue weighted by molar-refractivity contribution is 0.0964. The first-order chi connectivity index (χ1) is 11.6. The van der Waals surface area contributed by atoms with Crippen LogP contribution in [0.2, 0.25) is 0 Å². The van der Waals surface area contributed by atoms with Crippen molar-refractivity contribution in [2.45, 2.75) is 6.92 Å². The van der Waals surface area contributed by atoms with Gasteiger partial charge in [-0.3, -0.25) is 14.7 Å². The minimum absolute atomic E-state index is 0.265. The van der Waals surface area contributed by atoms with E-state index in [-0.39, 0.29) is 18.1 Å². The summed E-state index contributed by atoms with van der Waals surface area (Å²) in [6, 6.07) is 12.4. The molecule has 1 aromatic heterocycles. The lowest BCUT2D eigenvalue weighted by Gasteiger charge is -2.07. The Labute approximate surface area is 137 Å². The molecule has 6 heteroatoms. The summed E-state index contributed by atoms with van der Waals surface area (Å²) in [6.45, 7) is 2.01. The summed E-state index contributed by atoms with van der Waals surface area (Å²) < 4.78 is 19.6. The van der Waals surface area contributed by atoms with E-state index < -0.39 is 11.9 Å². The highest BCUT2D eigenvalue weighted by molar-refractivity contribution is 6.03. The molecule has 0 spiro atoms. The van der Waals surface area contributed by atoms with Crippen molar-refractivity contribution in [1.82, 2.24) is 4.57 Å². The summed E-state index contributed by atoms with van der Waals surface area (Å²) in [6.07, 6.45) is 1.08. The van der Waals surface area contributed by atoms with Crippen LogP contribution in [0.3, 0.4) is 0 Å². The molecule has 122 valence electrons. The van der Waals surface area contributed by atoms with Crippen LogP contribution in [-0.2, 0) is 4.74 Å². The molecule has 1 N–H and O–H groups in total. The third kappa shape index (κ3) is 3.12. The number of anilines is 1. The maximum Gasteiger partial charge on any atom is 0.411 e. The lowest BCUT2D eigenvalue weighted by Crippen LogP contribution is -2.13. The van der Waals surface area contributed by atoms with Crippen molar-refractivity contribution in [2.75, 3.05) is 11.9 Å². The van der Waals surface area contributed by atoms with E-state index in [0.717, 1.165) is 5.39 Å². The molecule has 0 saturated carbocycles. The van der Waals surface area contributed by atoms with Gasteiger partial charge in [0.25, 0.3) is 5.91 Å². The van der Waals surface area contributed by atoms with Gasteiger partial charge in [-0.2, -0.15) is 0 Å². The topological polar surface area (TPSA) is 60.3 Å². The first kappa shape index (κ1) is 15.7. The largest absolute Gasteiger partial charge is 0.450 e. The molecule has 0 bridgehead atoms. The van der Waals surface area contributed by atoms with Gasteiger partial charge < -0.3 is 4.74 Å². The second-order valence-corrected chi connectivity index (χ2v) is 5.12. The zero-order valence-electron chi connectivity index (χ0n) is 13.0. The third-order valence-corrected chi connectivity index (χ3v) is 3.50. The number of fused-ring (bicyclic) bond motifs is 1. The molecule has 0 unspecified atom stereocenters. The monoisotopic (exact) mass is 326 g/mol. The average molecular weight is 326 g/mol. The van der Waals surface area contributed by atoms with E-state index in [1.165, 1.54) is 22.8 Å². The molecule has 0 aliphatic heterocycles. The molecule has 0 radical (unpaired) electrons. The summed E-state index contributed by atoms with van der Waals surface area (Å²) in [7, 11) is 0. The molecule has 0 saturated heterocycles. The van der Waals surface area contributed by atoms with Crippen molar-refractivity contribution >= 4 is 28.6 Å². The Morgan fingerprint density at radius 2 is 2.00 bits per heavy atom. The molecule has 2 aromatic carbocycles. The molecule has 3 rings (SSSR count). The van der Waals surface area contributed by atoms with Gasteiger partial charge in [0.2, 0.25) is 0 Å². The number of carbonyl (C=O) groups excluding carboxylic acids is 2. The predicted octanol–water partition coefficient (Wildman–Crippen LogP) is 4.04. The average Bonchev–Trinajstić information content (AvgIpc) is 2.97. The number of amides is 1. The van der Waals surface area contributed by atoms with Gasteiger partial charge in [-0.25, -0.2) is 9.18 Å². The van der Waals surface area contributed by atoms with Crippen LogP contribution in [0.5, 0.6) is 0 Å². The van der Waals surface area contributed by atoms with E-state index in [4.69, 9.17) is 4.74 Å². The summed E-state index contributed by atoms with van der Waals surface area (Å²) in [5.41, 5.74) is 1.50. The maximum absolute atomic E-state index is 13.3. The van der Waals surface area contributed by atoms with Gasteiger partial charge in [-0.1, -0.05) is 6.07 Å². The van der Waals surface area contributed by atoms with Crippen molar-refractivity contribution in [2.24, 2.45) is 0 Å². The SMILES string of the molecule is CCOC(=O)Nc1ccc2c(ccn2C(=O)c2cccc(F)c2)c1. The first-order valence-electron chi connectivity index (χ1n) is 7.43. The minimum Gasteiger partial charge on any atom is -0.450 e. The zero-order valence-corrected chi connectivity index (χ0v) is 13.0. The number of ether oxygens (including phenoxy) is 1. The van der Waals surface area contributed by atoms with Gasteiger partial charge in [0, 0.05) is 22.8 Å². The molecule has 3 aromatic rings. The number of hydrogen-bond acceptors (Lipinski definition) is 3. The van der Waals surface area contributed by atoms with Gasteiger partial charge in [-0.15, -0.1) is 0 Å². The van der Waals surface area contributed by atoms with E-state index in [1.54, 1.807) is 43.5 Å². The Bertz CT molecular complexity index is 918. The molecule has 0 fully saturated rings. The minimum atomic E-state index is -0.535. The Morgan fingerprint density at radius 1 is 1.17 bits per heavy atom. The number of hydrogen-bond donors (Lipinski definition) is 1. The van der Waals surface area contributed by atoms with E-state index >= 15 is 0 Å². The molecular weight excluding hydrogens is 311 g/mol. The van der Waals surface area contributed by atoms with E-state index in [2.05, 4.69) is 5.32 Å². The Hall–Kier alpha value is -3.15. The number of nitrogens with one attached hydrogen (secondary N) is 1. The van der Waals surface area contributed by atoms with Crippen LogP contribution < -0.4 is 5.32 Å². The second-order valence-electron chi connectivity index (χ2n) is 5.12. The van der Waals surface area contributed by atoms with Gasteiger partial charge in [0.15, 0.2) is 0 Å². The van der Waals surface area contributed by atoms with Gasteiger partial charge in [0.05, 0.1) is 12.1 Å². The van der Waals surface area contributed by atoms with Crippen LogP contribution in [0, 0.1) is 5.82 Å². The maximum atomic E-state index is 13.3. The zero-order chi connectivity index (χ0) is 17.1. The Kier molecular flexibility index (Phi) is 4.29. The third-order valence-electron chi connectivity index (χ3n) is 3.50. The Morgan fingerprint density at radius 3 is 2.75 bits per heavy atom. The first-order valence-corrected chi connectivity index (χ1v) is 7.43. The fraction of sp³-hybridized carbons (Fsp3) is 0.111. The highest BCUT2D eigenvalue weighted by Gasteiger charge is 2.13. The normalized spacial score (nSPS) is 10.6. The van der Waals surface area contributed by atoms with Gasteiger partial charge >= 0.3 is 6.09 Å². The molecule has 5 nitrogen and oxygen atoms in total. The molecular formula is C18H15FN2O3. The van der Waals surface area contributed by atoms with Gasteiger partial charge in [0.1, 0.15) is 5.82 Å². The molecule has 0 atom stereocenters. The number of halogens is 1. The smallest absolute Gasteiger partial charge is 0.411 e. The molecule has 0 aliphatic rings. The molecule has 24 heavy (non-hydrogen) atoms. The summed E-state index contributed by atoms with van der Waals surface area (Å²) in [5, 5.41) is 3.38. The predicted molar refractivity (Wildman–Crippen MR) is 88.7 cm³/mol. The van der Waals surface area contributed by atoms with E-state index in [0.29, 0.717) is 11.2 Å². The van der Waals surface area contributed by atoms with Crippen LogP contribution in [0.25, 0.3) is 10.9 Å². The van der Waals surface area contributed by atoms with Crippen molar-refractivity contribution in [3.05, 3.63) is 66.1 Å². The van der Waals surface area contributed by atoms with Gasteiger partial charge in [-0.05, 0) is 49.4 Å². The van der Waals surface area contributed by atoms with Crippen LogP contribution >= 0.6 is 0 Å². The summed E-state index contributed by atoms with van der Waals surface area (Å²) in [4.78, 5) is 24.0. The molecule has 0 aliphatic carbocycles. The molecule has 1 heterocycles. The number of aromatic nitrogens is 1. The highest BCUT2D eigenvalue weighted by atomic mass is 19.1. The van der Waals surface area contributed by atoms with Crippen molar-refractivity contribution in [3.63, 3.8) is 0 Å². The second kappa shape index (κ2) is 6.54. The number of benzene rings is 2. The summed E-state index contributed by atoms with van der Waals surface area (Å²) in [5.74, 6) is -0.783. The van der Waals surface area contributed by atoms with Crippen molar-refractivity contribution < 1.29 is 18.7 Å². The van der Waals surface area contributed by atoms with Crippen molar-refractivity contribution in [3.8, 4) is 0 Å². The fourth-order valence-corrected chi connectivity index (χ4v) is 2.44. The number of rotatable bonds is 3. The summed E-state index contributed by atoms with van der Waals surface area (Å²) >= 11 is 0. The standard InChI is InChI=1S/C18H15FN2O3/c1-2-24-18(23)20-15-6-7-16-12(11-15)8-9-21(16)17(22)13-4-3-5-14(19)10-13/h3-11H,2H2,1H3,(H,20,23). The lowest BCUT2D eigenvalue weighted by atomic mass is 10.2. The fourth-order valence-electron chi connectivity index (χ4n) is 2.44. The van der Waals surface area contributed by atoms with Crippen LogP contribution in [0.15, 0.2) is 54.7 Å². The van der Waals surface area contributed by atoms with Crippen LogP contribution in [0.4, 0.5) is 14.9 Å². The quantitative estimate of drug-likeness (QED) is 0.790. The van der Waals surface area contributed by atoms with E-state index in [1.807, 2.05) is 0 Å². The number of carbonyl (C=O) groups is 2. The van der Waals surface area contributed by atoms with Crippen LogP contribution in [-0.4, -0.2) is 23.2 Å². The van der Waals surface area contributed by atoms with Crippen molar-refractivity contribution in [1.29, 1.82) is 0 Å². The molecule has 1 amide bonds. The Balaban J connectivity index is 1.91. The van der Waals surface area contributed by atoms with Crippen LogP contribution in [0.1, 0.15) is 17.3 Å². The van der Waals surface area contributed by atoms with E-state index in [9.17, 15) is 14.0 Å².